The second-order valence-corrected chi connectivity index (χ2v) is 12.8. The Labute approximate surface area is 217 Å². The van der Waals surface area contributed by atoms with Crippen molar-refractivity contribution in [2.24, 2.45) is 5.92 Å². The molecular formula is C25H29N5O5S2. The van der Waals surface area contributed by atoms with Gasteiger partial charge in [-0.25, -0.2) is 31.5 Å². The Balaban J connectivity index is 1.49. The molecule has 1 aliphatic heterocycles. The van der Waals surface area contributed by atoms with Crippen LogP contribution in [0.1, 0.15) is 41.4 Å². The number of anilines is 2. The Morgan fingerprint density at radius 2 is 1.59 bits per heavy atom. The van der Waals surface area contributed by atoms with Crippen LogP contribution < -0.4 is 10.0 Å². The Bertz CT molecular complexity index is 1520. The van der Waals surface area contributed by atoms with Gasteiger partial charge in [0.1, 0.15) is 0 Å². The topological polar surface area (TPSA) is 138 Å². The van der Waals surface area contributed by atoms with Gasteiger partial charge in [0.15, 0.2) is 0 Å². The fourth-order valence-corrected chi connectivity index (χ4v) is 6.42. The van der Waals surface area contributed by atoms with E-state index in [1.54, 1.807) is 26.0 Å². The molecule has 0 unspecified atom stereocenters. The molecule has 3 aromatic rings. The molecule has 37 heavy (non-hydrogen) atoms. The lowest BCUT2D eigenvalue weighted by atomic mass is 10.0. The molecular weight excluding hydrogens is 514 g/mol. The van der Waals surface area contributed by atoms with Crippen molar-refractivity contribution in [2.45, 2.75) is 43.4 Å². The maximum absolute atomic E-state index is 13.1. The minimum Gasteiger partial charge on any atom is -0.322 e. The van der Waals surface area contributed by atoms with Gasteiger partial charge in [0.2, 0.25) is 16.0 Å². The first kappa shape index (κ1) is 26.7. The maximum Gasteiger partial charge on any atom is 0.264 e. The smallest absolute Gasteiger partial charge is 0.264 e. The van der Waals surface area contributed by atoms with Crippen LogP contribution in [-0.4, -0.2) is 50.1 Å². The minimum atomic E-state index is -3.93. The van der Waals surface area contributed by atoms with Crippen molar-refractivity contribution in [3.8, 4) is 0 Å². The van der Waals surface area contributed by atoms with E-state index >= 15 is 0 Å². The van der Waals surface area contributed by atoms with Crippen LogP contribution in [0.4, 0.5) is 11.6 Å². The van der Waals surface area contributed by atoms with Crippen LogP contribution in [0, 0.1) is 19.8 Å². The van der Waals surface area contributed by atoms with Crippen molar-refractivity contribution in [1.29, 1.82) is 0 Å². The lowest BCUT2D eigenvalue weighted by molar-refractivity contribution is 0.102. The highest BCUT2D eigenvalue weighted by Gasteiger charge is 2.29. The molecule has 2 N–H and O–H groups in total. The summed E-state index contributed by atoms with van der Waals surface area (Å²) in [6, 6.07) is 11.8. The number of nitrogens with zero attached hydrogens (tertiary/aromatic N) is 3. The molecule has 1 saturated heterocycles. The van der Waals surface area contributed by atoms with E-state index in [0.717, 1.165) is 12.8 Å². The Morgan fingerprint density at radius 3 is 2.24 bits per heavy atom. The zero-order valence-electron chi connectivity index (χ0n) is 20.8. The van der Waals surface area contributed by atoms with Gasteiger partial charge in [-0.15, -0.1) is 0 Å². The van der Waals surface area contributed by atoms with Crippen LogP contribution in [0.2, 0.25) is 0 Å². The fourth-order valence-electron chi connectivity index (χ4n) is 3.97. The highest BCUT2D eigenvalue weighted by Crippen LogP contribution is 2.25. The molecule has 0 bridgehead atoms. The highest BCUT2D eigenvalue weighted by atomic mass is 32.2. The number of carbonyl (C=O) groups excluding carboxylic acids is 1. The second-order valence-electron chi connectivity index (χ2n) is 9.17. The van der Waals surface area contributed by atoms with E-state index in [1.807, 2.05) is 0 Å². The van der Waals surface area contributed by atoms with Crippen LogP contribution in [0.3, 0.4) is 0 Å². The third kappa shape index (κ3) is 6.14. The molecule has 1 fully saturated rings. The molecule has 196 valence electrons. The van der Waals surface area contributed by atoms with Crippen LogP contribution in [-0.2, 0) is 20.0 Å². The van der Waals surface area contributed by atoms with Crippen LogP contribution in [0.5, 0.6) is 0 Å². The first-order valence-electron chi connectivity index (χ1n) is 11.8. The molecule has 1 aliphatic rings. The number of hydrogen-bond acceptors (Lipinski definition) is 7. The van der Waals surface area contributed by atoms with Crippen molar-refractivity contribution in [2.75, 3.05) is 23.1 Å². The second kappa shape index (κ2) is 10.6. The van der Waals surface area contributed by atoms with Gasteiger partial charge in [-0.2, -0.15) is 4.31 Å². The number of carbonyl (C=O) groups is 1. The summed E-state index contributed by atoms with van der Waals surface area (Å²) < 4.78 is 55.4. The van der Waals surface area contributed by atoms with E-state index in [1.165, 1.54) is 46.9 Å². The summed E-state index contributed by atoms with van der Waals surface area (Å²) in [6.07, 6.45) is 3.06. The highest BCUT2D eigenvalue weighted by molar-refractivity contribution is 7.92. The summed E-state index contributed by atoms with van der Waals surface area (Å²) in [4.78, 5) is 21.0. The standard InChI is InChI=1S/C25H29N5O5S2/c1-17-11-14-30(15-12-17)37(34,35)22-7-4-18(2)23(16-22)24(31)28-20-5-8-21(9-6-20)36(32,33)29-25-26-13-10-19(3)27-25/h4-10,13,16-17H,11-12,14-15H2,1-3H3,(H,28,31)(H,26,27,29). The van der Waals surface area contributed by atoms with Gasteiger partial charge in [-0.3, -0.25) is 4.79 Å². The summed E-state index contributed by atoms with van der Waals surface area (Å²) >= 11 is 0. The number of piperidine rings is 1. The molecule has 10 nitrogen and oxygen atoms in total. The van der Waals surface area contributed by atoms with Crippen LogP contribution in [0.15, 0.2) is 64.5 Å². The first-order chi connectivity index (χ1) is 17.5. The Kier molecular flexibility index (Phi) is 7.62. The van der Waals surface area contributed by atoms with Crippen molar-refractivity contribution < 1.29 is 21.6 Å². The maximum atomic E-state index is 13.1. The zero-order valence-corrected chi connectivity index (χ0v) is 22.4. The van der Waals surface area contributed by atoms with Gasteiger partial charge in [0.05, 0.1) is 9.79 Å². The Morgan fingerprint density at radius 1 is 0.946 bits per heavy atom. The quantitative estimate of drug-likeness (QED) is 0.464. The molecule has 0 aliphatic carbocycles. The lowest BCUT2D eigenvalue weighted by Crippen LogP contribution is -2.38. The normalized spacial score (nSPS) is 15.3. The molecule has 0 saturated carbocycles. The number of nitrogens with one attached hydrogen (secondary N) is 2. The number of hydrogen-bond donors (Lipinski definition) is 2. The predicted molar refractivity (Wildman–Crippen MR) is 140 cm³/mol. The monoisotopic (exact) mass is 543 g/mol. The summed E-state index contributed by atoms with van der Waals surface area (Å²) in [7, 11) is -7.64. The third-order valence-electron chi connectivity index (χ3n) is 6.28. The minimum absolute atomic E-state index is 0.0317. The van der Waals surface area contributed by atoms with E-state index in [4.69, 9.17) is 0 Å². The largest absolute Gasteiger partial charge is 0.322 e. The van der Waals surface area contributed by atoms with Gasteiger partial charge in [0.25, 0.3) is 15.9 Å². The van der Waals surface area contributed by atoms with Crippen molar-refractivity contribution in [3.63, 3.8) is 0 Å². The number of amides is 1. The summed E-state index contributed by atoms with van der Waals surface area (Å²) in [5, 5.41) is 2.71. The molecule has 0 atom stereocenters. The van der Waals surface area contributed by atoms with Crippen molar-refractivity contribution in [1.82, 2.24) is 14.3 Å². The molecule has 1 amide bonds. The molecule has 12 heteroatoms. The first-order valence-corrected chi connectivity index (χ1v) is 14.7. The van der Waals surface area contributed by atoms with Gasteiger partial charge in [0, 0.05) is 36.2 Å². The van der Waals surface area contributed by atoms with E-state index in [2.05, 4.69) is 26.9 Å². The number of benzene rings is 2. The summed E-state index contributed by atoms with van der Waals surface area (Å²) in [5.41, 5.74) is 1.81. The number of rotatable bonds is 7. The number of sulfonamides is 2. The van der Waals surface area contributed by atoms with Crippen molar-refractivity contribution >= 4 is 37.6 Å². The third-order valence-corrected chi connectivity index (χ3v) is 9.52. The Hall–Kier alpha value is -3.35. The average Bonchev–Trinajstić information content (AvgIpc) is 2.84. The molecule has 0 radical (unpaired) electrons. The summed E-state index contributed by atoms with van der Waals surface area (Å²) in [5.74, 6) is -0.0516. The molecule has 0 spiro atoms. The predicted octanol–water partition coefficient (Wildman–Crippen LogP) is 3.57. The van der Waals surface area contributed by atoms with Gasteiger partial charge >= 0.3 is 0 Å². The molecule has 2 aromatic carbocycles. The van der Waals surface area contributed by atoms with Crippen molar-refractivity contribution in [3.05, 3.63) is 71.5 Å². The van der Waals surface area contributed by atoms with E-state index in [9.17, 15) is 21.6 Å². The van der Waals surface area contributed by atoms with E-state index in [0.29, 0.717) is 36.0 Å². The van der Waals surface area contributed by atoms with Gasteiger partial charge < -0.3 is 5.32 Å². The molecule has 2 heterocycles. The van der Waals surface area contributed by atoms with Gasteiger partial charge in [-0.1, -0.05) is 13.0 Å². The van der Waals surface area contributed by atoms with E-state index in [-0.39, 0.29) is 21.3 Å². The number of aromatic nitrogens is 2. The van der Waals surface area contributed by atoms with Crippen LogP contribution in [0.25, 0.3) is 0 Å². The molecule has 4 rings (SSSR count). The van der Waals surface area contributed by atoms with E-state index < -0.39 is 26.0 Å². The zero-order chi connectivity index (χ0) is 26.8. The fraction of sp³-hybridized carbons (Fsp3) is 0.320. The average molecular weight is 544 g/mol. The molecule has 1 aromatic heterocycles. The number of aryl methyl sites for hydroxylation is 2. The van der Waals surface area contributed by atoms with Gasteiger partial charge in [-0.05, 0) is 80.6 Å². The summed E-state index contributed by atoms with van der Waals surface area (Å²) in [6.45, 7) is 6.47. The lowest BCUT2D eigenvalue weighted by Gasteiger charge is -2.29. The van der Waals surface area contributed by atoms with Crippen LogP contribution >= 0.6 is 0 Å². The SMILES string of the molecule is Cc1ccnc(NS(=O)(=O)c2ccc(NC(=O)c3cc(S(=O)(=O)N4CCC(C)CC4)ccc3C)cc2)n1.